The van der Waals surface area contributed by atoms with Crippen LogP contribution in [0.4, 0.5) is 0 Å². The fraction of sp³-hybridized carbons (Fsp3) is 0.250. The third-order valence-electron chi connectivity index (χ3n) is 7.43. The Hall–Kier alpha value is -3.53. The predicted molar refractivity (Wildman–Crippen MR) is 128 cm³/mol. The molecule has 2 aromatic carbocycles. The Morgan fingerprint density at radius 1 is 0.750 bits per heavy atom. The summed E-state index contributed by atoms with van der Waals surface area (Å²) in [5.41, 5.74) is 14.3. The largest absolute Gasteiger partial charge is 0.478 e. The Labute approximate surface area is 188 Å². The molecule has 0 unspecified atom stereocenters. The third kappa shape index (κ3) is 2.79. The van der Waals surface area contributed by atoms with Gasteiger partial charge in [-0.3, -0.25) is 0 Å². The molecule has 32 heavy (non-hydrogen) atoms. The van der Waals surface area contributed by atoms with Crippen LogP contribution in [0.1, 0.15) is 49.8 Å². The SMILES string of the molecule is Cc1c(C(=O)O)c2c(n1C)Cc1ccccc1-2.Cc1c2c(n(C)c1C)Cc1ccccc1-2. The second kappa shape index (κ2) is 7.27. The van der Waals surface area contributed by atoms with Crippen LogP contribution in [-0.4, -0.2) is 20.2 Å². The molecule has 4 nitrogen and oxygen atoms in total. The van der Waals surface area contributed by atoms with Gasteiger partial charge < -0.3 is 14.2 Å². The van der Waals surface area contributed by atoms with Gasteiger partial charge in [-0.15, -0.1) is 0 Å². The fourth-order valence-electron chi connectivity index (χ4n) is 5.40. The molecule has 0 fully saturated rings. The summed E-state index contributed by atoms with van der Waals surface area (Å²) in [7, 11) is 4.11. The Morgan fingerprint density at radius 3 is 1.78 bits per heavy atom. The lowest BCUT2D eigenvalue weighted by atomic mass is 10.0. The molecule has 4 aromatic rings. The molecule has 4 heteroatoms. The highest BCUT2D eigenvalue weighted by Crippen LogP contribution is 2.42. The van der Waals surface area contributed by atoms with E-state index in [1.165, 1.54) is 39.2 Å². The summed E-state index contributed by atoms with van der Waals surface area (Å²) in [5, 5.41) is 9.36. The highest BCUT2D eigenvalue weighted by molar-refractivity contribution is 6.00. The van der Waals surface area contributed by atoms with E-state index in [1.54, 1.807) is 0 Å². The first-order valence-corrected chi connectivity index (χ1v) is 11.0. The third-order valence-corrected chi connectivity index (χ3v) is 7.43. The van der Waals surface area contributed by atoms with Crippen molar-refractivity contribution in [1.82, 2.24) is 9.13 Å². The highest BCUT2D eigenvalue weighted by atomic mass is 16.4. The van der Waals surface area contributed by atoms with Gasteiger partial charge in [0.2, 0.25) is 0 Å². The predicted octanol–water partition coefficient (Wildman–Crippen LogP) is 5.82. The summed E-state index contributed by atoms with van der Waals surface area (Å²) in [4.78, 5) is 11.4. The van der Waals surface area contributed by atoms with Gasteiger partial charge in [-0.1, -0.05) is 48.5 Å². The zero-order valence-corrected chi connectivity index (χ0v) is 19.3. The van der Waals surface area contributed by atoms with Gasteiger partial charge in [-0.05, 0) is 48.6 Å². The number of hydrogen-bond acceptors (Lipinski definition) is 1. The van der Waals surface area contributed by atoms with E-state index in [4.69, 9.17) is 0 Å². The van der Waals surface area contributed by atoms with Gasteiger partial charge in [0.1, 0.15) is 0 Å². The smallest absolute Gasteiger partial charge is 0.338 e. The van der Waals surface area contributed by atoms with Crippen LogP contribution >= 0.6 is 0 Å². The molecule has 2 aromatic heterocycles. The van der Waals surface area contributed by atoms with E-state index >= 15 is 0 Å². The number of aromatic nitrogens is 2. The number of fused-ring (bicyclic) bond motifs is 6. The van der Waals surface area contributed by atoms with Crippen molar-refractivity contribution in [3.8, 4) is 22.3 Å². The second-order valence-corrected chi connectivity index (χ2v) is 8.91. The summed E-state index contributed by atoms with van der Waals surface area (Å²) in [6.07, 6.45) is 1.92. The van der Waals surface area contributed by atoms with E-state index in [2.05, 4.69) is 55.8 Å². The maximum atomic E-state index is 11.4. The van der Waals surface area contributed by atoms with E-state index in [1.807, 2.05) is 36.7 Å². The molecule has 2 heterocycles. The maximum Gasteiger partial charge on any atom is 0.338 e. The summed E-state index contributed by atoms with van der Waals surface area (Å²) in [6, 6.07) is 16.8. The van der Waals surface area contributed by atoms with Crippen LogP contribution in [0.15, 0.2) is 48.5 Å². The molecule has 0 atom stereocenters. The van der Waals surface area contributed by atoms with Crippen LogP contribution in [0.3, 0.4) is 0 Å². The minimum absolute atomic E-state index is 0.451. The number of benzene rings is 2. The van der Waals surface area contributed by atoms with E-state index in [0.717, 1.165) is 35.4 Å². The lowest BCUT2D eigenvalue weighted by molar-refractivity contribution is 0.0697. The van der Waals surface area contributed by atoms with Gasteiger partial charge in [0, 0.05) is 60.8 Å². The molecule has 0 bridgehead atoms. The van der Waals surface area contributed by atoms with Crippen molar-refractivity contribution in [2.24, 2.45) is 14.1 Å². The molecule has 2 aliphatic rings. The van der Waals surface area contributed by atoms with Crippen molar-refractivity contribution >= 4 is 5.97 Å². The Bertz CT molecular complexity index is 1400. The maximum absolute atomic E-state index is 11.4. The average Bonchev–Trinajstić information content (AvgIpc) is 3.47. The number of rotatable bonds is 1. The van der Waals surface area contributed by atoms with Gasteiger partial charge in [0.05, 0.1) is 5.56 Å². The lowest BCUT2D eigenvalue weighted by Crippen LogP contribution is -2.02. The zero-order chi connectivity index (χ0) is 22.7. The quantitative estimate of drug-likeness (QED) is 0.362. The molecule has 6 rings (SSSR count). The normalized spacial score (nSPS) is 12.5. The van der Waals surface area contributed by atoms with Gasteiger partial charge in [-0.25, -0.2) is 4.79 Å². The summed E-state index contributed by atoms with van der Waals surface area (Å²) < 4.78 is 4.34. The van der Waals surface area contributed by atoms with Crippen LogP contribution in [0.25, 0.3) is 22.3 Å². The van der Waals surface area contributed by atoms with Crippen LogP contribution in [0, 0.1) is 20.8 Å². The lowest BCUT2D eigenvalue weighted by Gasteiger charge is -2.03. The molecule has 0 radical (unpaired) electrons. The van der Waals surface area contributed by atoms with E-state index < -0.39 is 5.97 Å². The first-order valence-electron chi connectivity index (χ1n) is 11.0. The van der Waals surface area contributed by atoms with Crippen molar-refractivity contribution in [3.63, 3.8) is 0 Å². The van der Waals surface area contributed by atoms with E-state index in [9.17, 15) is 9.90 Å². The molecule has 2 aliphatic carbocycles. The number of carbonyl (C=O) groups is 1. The number of hydrogen-bond donors (Lipinski definition) is 1. The minimum Gasteiger partial charge on any atom is -0.478 e. The van der Waals surface area contributed by atoms with E-state index in [-0.39, 0.29) is 0 Å². The first kappa shape index (κ1) is 20.4. The van der Waals surface area contributed by atoms with Crippen molar-refractivity contribution in [3.05, 3.63) is 93.6 Å². The molecule has 162 valence electrons. The molecular weight excluding hydrogens is 396 g/mol. The van der Waals surface area contributed by atoms with Crippen LogP contribution in [0.2, 0.25) is 0 Å². The van der Waals surface area contributed by atoms with Crippen molar-refractivity contribution in [2.45, 2.75) is 33.6 Å². The Balaban J connectivity index is 0.000000136. The molecular formula is C28H28N2O2. The van der Waals surface area contributed by atoms with Crippen molar-refractivity contribution in [1.29, 1.82) is 0 Å². The molecule has 0 amide bonds. The molecule has 0 saturated heterocycles. The fourth-order valence-corrected chi connectivity index (χ4v) is 5.40. The standard InChI is InChI=1S/C14H13NO2.C14H15N/c1-8-12(14(16)17)13-10-6-4-3-5-9(10)7-11(13)15(8)2;1-9-10(2)15(3)13-8-11-6-4-5-7-12(11)14(9)13/h3-6H,7H2,1-2H3,(H,16,17);4-7H,8H2,1-3H3. The molecule has 1 N–H and O–H groups in total. The van der Waals surface area contributed by atoms with E-state index in [0.29, 0.717) is 5.56 Å². The molecule has 0 spiro atoms. The Morgan fingerprint density at radius 2 is 1.22 bits per heavy atom. The highest BCUT2D eigenvalue weighted by Gasteiger charge is 2.30. The van der Waals surface area contributed by atoms with Gasteiger partial charge in [0.15, 0.2) is 0 Å². The van der Waals surface area contributed by atoms with Crippen molar-refractivity contribution in [2.75, 3.05) is 0 Å². The summed E-state index contributed by atoms with van der Waals surface area (Å²) >= 11 is 0. The summed E-state index contributed by atoms with van der Waals surface area (Å²) in [5.74, 6) is -0.837. The number of aromatic carboxylic acids is 1. The average molecular weight is 425 g/mol. The van der Waals surface area contributed by atoms with Gasteiger partial charge in [0.25, 0.3) is 0 Å². The molecule has 0 aliphatic heterocycles. The number of carboxylic acid groups (broad SMARTS) is 1. The molecule has 0 saturated carbocycles. The van der Waals surface area contributed by atoms with Crippen LogP contribution < -0.4 is 0 Å². The first-order chi connectivity index (χ1) is 15.3. The monoisotopic (exact) mass is 424 g/mol. The Kier molecular flexibility index (Phi) is 4.63. The second-order valence-electron chi connectivity index (χ2n) is 8.91. The zero-order valence-electron chi connectivity index (χ0n) is 19.3. The van der Waals surface area contributed by atoms with Crippen molar-refractivity contribution < 1.29 is 9.90 Å². The topological polar surface area (TPSA) is 47.2 Å². The number of nitrogens with zero attached hydrogens (tertiary/aromatic N) is 2. The van der Waals surface area contributed by atoms with Crippen LogP contribution in [0.5, 0.6) is 0 Å². The summed E-state index contributed by atoms with van der Waals surface area (Å²) in [6.45, 7) is 6.30. The van der Waals surface area contributed by atoms with Gasteiger partial charge in [-0.2, -0.15) is 0 Å². The van der Waals surface area contributed by atoms with Gasteiger partial charge >= 0.3 is 5.97 Å². The number of carboxylic acids is 1. The van der Waals surface area contributed by atoms with Crippen LogP contribution in [-0.2, 0) is 26.9 Å². The minimum atomic E-state index is -0.837.